The third-order valence-electron chi connectivity index (χ3n) is 4.78. The monoisotopic (exact) mass is 345 g/mol. The van der Waals surface area contributed by atoms with Crippen LogP contribution < -0.4 is 5.32 Å². The lowest BCUT2D eigenvalue weighted by molar-refractivity contribution is -0.120. The van der Waals surface area contributed by atoms with Crippen molar-refractivity contribution >= 4 is 17.5 Å². The second-order valence-corrected chi connectivity index (χ2v) is 6.51. The molecule has 0 aromatic heterocycles. The van der Waals surface area contributed by atoms with Crippen LogP contribution in [0.15, 0.2) is 48.5 Å². The summed E-state index contributed by atoms with van der Waals surface area (Å²) < 4.78 is 0. The van der Waals surface area contributed by atoms with Gasteiger partial charge in [0.05, 0.1) is 6.42 Å². The third-order valence-corrected chi connectivity index (χ3v) is 5.03. The number of rotatable bonds is 7. The zero-order chi connectivity index (χ0) is 17.6. The molecule has 0 fully saturated rings. The van der Waals surface area contributed by atoms with Crippen molar-refractivity contribution in [1.29, 1.82) is 0 Å². The summed E-state index contributed by atoms with van der Waals surface area (Å²) in [6.45, 7) is 4.83. The van der Waals surface area contributed by atoms with Gasteiger partial charge in [-0.05, 0) is 36.6 Å². The Kier molecular flexibility index (Phi) is 6.27. The fraction of sp³-hybridized carbons (Fsp3) is 0.350. The van der Waals surface area contributed by atoms with E-state index in [2.05, 4.69) is 19.2 Å². The first-order valence-electron chi connectivity index (χ1n) is 8.30. The van der Waals surface area contributed by atoms with Crippen molar-refractivity contribution in [2.24, 2.45) is 0 Å². The summed E-state index contributed by atoms with van der Waals surface area (Å²) in [5, 5.41) is 13.5. The highest BCUT2D eigenvalue weighted by atomic mass is 35.5. The Balaban J connectivity index is 2.07. The lowest BCUT2D eigenvalue weighted by Gasteiger charge is -2.32. The molecular formula is C20H24ClNO2. The van der Waals surface area contributed by atoms with E-state index in [1.54, 1.807) is 18.2 Å². The molecular weight excluding hydrogens is 322 g/mol. The van der Waals surface area contributed by atoms with Gasteiger partial charge in [0, 0.05) is 22.5 Å². The van der Waals surface area contributed by atoms with Crippen molar-refractivity contribution < 1.29 is 9.90 Å². The van der Waals surface area contributed by atoms with Gasteiger partial charge in [-0.1, -0.05) is 55.8 Å². The van der Waals surface area contributed by atoms with Gasteiger partial charge in [-0.25, -0.2) is 0 Å². The highest BCUT2D eigenvalue weighted by Crippen LogP contribution is 2.32. The number of phenols is 1. The summed E-state index contributed by atoms with van der Waals surface area (Å²) in [6.07, 6.45) is 2.01. The molecule has 3 nitrogen and oxygen atoms in total. The van der Waals surface area contributed by atoms with Crippen LogP contribution in [0.4, 0.5) is 0 Å². The number of hydrogen-bond donors (Lipinski definition) is 2. The summed E-state index contributed by atoms with van der Waals surface area (Å²) in [5.74, 6) is 0.0688. The second-order valence-electron chi connectivity index (χ2n) is 6.08. The van der Waals surface area contributed by atoms with E-state index >= 15 is 0 Å². The van der Waals surface area contributed by atoms with Crippen molar-refractivity contribution in [3.05, 3.63) is 64.7 Å². The van der Waals surface area contributed by atoms with E-state index in [1.165, 1.54) is 5.56 Å². The maximum atomic E-state index is 12.3. The molecule has 0 spiro atoms. The Bertz CT molecular complexity index is 678. The Morgan fingerprint density at radius 2 is 1.71 bits per heavy atom. The normalized spacial score (nSPS) is 11.3. The molecule has 128 valence electrons. The largest absolute Gasteiger partial charge is 0.508 e. The lowest BCUT2D eigenvalue weighted by Crippen LogP contribution is -2.40. The van der Waals surface area contributed by atoms with Crippen molar-refractivity contribution in [1.82, 2.24) is 5.32 Å². The molecule has 0 aliphatic carbocycles. The van der Waals surface area contributed by atoms with Crippen LogP contribution in [0.25, 0.3) is 0 Å². The summed E-state index contributed by atoms with van der Waals surface area (Å²) in [7, 11) is 0. The Labute approximate surface area is 148 Å². The van der Waals surface area contributed by atoms with Crippen LogP contribution in [-0.4, -0.2) is 17.6 Å². The molecule has 2 aromatic carbocycles. The molecule has 0 aliphatic rings. The number of halogens is 1. The number of carbonyl (C=O) groups excluding carboxylic acids is 1. The minimum Gasteiger partial charge on any atom is -0.508 e. The summed E-state index contributed by atoms with van der Waals surface area (Å²) in [5.41, 5.74) is 1.71. The van der Waals surface area contributed by atoms with Crippen LogP contribution in [0.3, 0.4) is 0 Å². The van der Waals surface area contributed by atoms with Gasteiger partial charge in [-0.2, -0.15) is 0 Å². The van der Waals surface area contributed by atoms with Gasteiger partial charge in [0.15, 0.2) is 0 Å². The minimum atomic E-state index is -0.112. The van der Waals surface area contributed by atoms with Crippen LogP contribution in [0, 0.1) is 0 Å². The SMILES string of the molecule is CCC(CC)(CNC(=O)Cc1ccccc1O)c1ccc(Cl)cc1. The molecule has 0 atom stereocenters. The van der Waals surface area contributed by atoms with Crippen LogP contribution in [0.5, 0.6) is 5.75 Å². The first-order chi connectivity index (χ1) is 11.5. The number of nitrogens with one attached hydrogen (secondary N) is 1. The number of phenolic OH excluding ortho intramolecular Hbond substituents is 1. The molecule has 24 heavy (non-hydrogen) atoms. The molecule has 0 aliphatic heterocycles. The Morgan fingerprint density at radius 3 is 2.29 bits per heavy atom. The van der Waals surface area contributed by atoms with Crippen LogP contribution in [-0.2, 0) is 16.6 Å². The van der Waals surface area contributed by atoms with Crippen molar-refractivity contribution in [2.45, 2.75) is 38.5 Å². The van der Waals surface area contributed by atoms with E-state index in [1.807, 2.05) is 30.3 Å². The summed E-state index contributed by atoms with van der Waals surface area (Å²) >= 11 is 5.99. The van der Waals surface area contributed by atoms with E-state index in [4.69, 9.17) is 11.6 Å². The van der Waals surface area contributed by atoms with E-state index in [9.17, 15) is 9.90 Å². The molecule has 0 saturated carbocycles. The maximum Gasteiger partial charge on any atom is 0.224 e. The van der Waals surface area contributed by atoms with Gasteiger partial charge >= 0.3 is 0 Å². The number of benzene rings is 2. The van der Waals surface area contributed by atoms with Crippen LogP contribution >= 0.6 is 11.6 Å². The summed E-state index contributed by atoms with van der Waals surface area (Å²) in [4.78, 5) is 12.3. The predicted octanol–water partition coefficient (Wildman–Crippen LogP) is 4.46. The van der Waals surface area contributed by atoms with E-state index in [-0.39, 0.29) is 23.5 Å². The van der Waals surface area contributed by atoms with Gasteiger partial charge in [0.2, 0.25) is 5.91 Å². The average molecular weight is 346 g/mol. The highest BCUT2D eigenvalue weighted by molar-refractivity contribution is 6.30. The van der Waals surface area contributed by atoms with Crippen molar-refractivity contribution in [2.75, 3.05) is 6.54 Å². The molecule has 1 amide bonds. The van der Waals surface area contributed by atoms with Crippen molar-refractivity contribution in [3.63, 3.8) is 0 Å². The number of para-hydroxylation sites is 1. The van der Waals surface area contributed by atoms with Gasteiger partial charge in [0.25, 0.3) is 0 Å². The van der Waals surface area contributed by atoms with Gasteiger partial charge in [0.1, 0.15) is 5.75 Å². The predicted molar refractivity (Wildman–Crippen MR) is 98.5 cm³/mol. The smallest absolute Gasteiger partial charge is 0.224 e. The van der Waals surface area contributed by atoms with E-state index in [0.717, 1.165) is 12.8 Å². The fourth-order valence-electron chi connectivity index (χ4n) is 2.98. The first-order valence-corrected chi connectivity index (χ1v) is 8.68. The quantitative estimate of drug-likeness (QED) is 0.778. The van der Waals surface area contributed by atoms with E-state index in [0.29, 0.717) is 17.1 Å². The maximum absolute atomic E-state index is 12.3. The lowest BCUT2D eigenvalue weighted by atomic mass is 9.76. The fourth-order valence-corrected chi connectivity index (χ4v) is 3.10. The van der Waals surface area contributed by atoms with Gasteiger partial charge in [-0.3, -0.25) is 4.79 Å². The molecule has 0 radical (unpaired) electrons. The third kappa shape index (κ3) is 4.30. The number of hydrogen-bond acceptors (Lipinski definition) is 2. The van der Waals surface area contributed by atoms with E-state index < -0.39 is 0 Å². The van der Waals surface area contributed by atoms with Gasteiger partial charge < -0.3 is 10.4 Å². The van der Waals surface area contributed by atoms with Crippen LogP contribution in [0.2, 0.25) is 5.02 Å². The Morgan fingerprint density at radius 1 is 1.08 bits per heavy atom. The van der Waals surface area contributed by atoms with Crippen molar-refractivity contribution in [3.8, 4) is 5.75 Å². The minimum absolute atomic E-state index is 0.0864. The highest BCUT2D eigenvalue weighted by Gasteiger charge is 2.29. The molecule has 0 bridgehead atoms. The second kappa shape index (κ2) is 8.20. The van der Waals surface area contributed by atoms with Gasteiger partial charge in [-0.15, -0.1) is 0 Å². The summed E-state index contributed by atoms with van der Waals surface area (Å²) in [6, 6.07) is 14.8. The molecule has 2 aromatic rings. The molecule has 2 N–H and O–H groups in total. The molecule has 4 heteroatoms. The number of amides is 1. The number of aromatic hydroxyl groups is 1. The molecule has 0 saturated heterocycles. The first kappa shape index (κ1) is 18.3. The molecule has 0 unspecified atom stereocenters. The number of carbonyl (C=O) groups is 1. The zero-order valence-corrected chi connectivity index (χ0v) is 14.9. The van der Waals surface area contributed by atoms with Crippen LogP contribution in [0.1, 0.15) is 37.8 Å². The standard InChI is InChI=1S/C20H24ClNO2/c1-3-20(4-2,16-9-11-17(21)12-10-16)14-22-19(24)13-15-7-5-6-8-18(15)23/h5-12,23H,3-4,13-14H2,1-2H3,(H,22,24). The molecule has 2 rings (SSSR count). The Hall–Kier alpha value is -2.00. The topological polar surface area (TPSA) is 49.3 Å². The zero-order valence-electron chi connectivity index (χ0n) is 14.2. The average Bonchev–Trinajstić information content (AvgIpc) is 2.59. The molecule has 0 heterocycles.